The van der Waals surface area contributed by atoms with Crippen molar-refractivity contribution in [3.63, 3.8) is 0 Å². The average Bonchev–Trinajstić information content (AvgIpc) is 2.44. The van der Waals surface area contributed by atoms with Crippen molar-refractivity contribution in [2.75, 3.05) is 13.1 Å². The van der Waals surface area contributed by atoms with Gasteiger partial charge in [0.25, 0.3) is 15.9 Å². The fourth-order valence-corrected chi connectivity index (χ4v) is 3.36. The van der Waals surface area contributed by atoms with E-state index in [-0.39, 0.29) is 21.9 Å². The Balaban J connectivity index is 2.59. The van der Waals surface area contributed by atoms with Crippen LogP contribution in [-0.2, 0) is 14.8 Å². The molecule has 1 aliphatic heterocycles. The summed E-state index contributed by atoms with van der Waals surface area (Å²) < 4.78 is 26.4. The third kappa shape index (κ3) is 2.24. The summed E-state index contributed by atoms with van der Waals surface area (Å²) in [6, 6.07) is 6.02. The molecular formula is C13H16N2O4S. The monoisotopic (exact) mass is 296 g/mol. The van der Waals surface area contributed by atoms with E-state index in [1.807, 2.05) is 0 Å². The number of aliphatic hydroxyl groups is 1. The SMILES string of the molecule is CCN(CC)C(=O)C1=C(O)c2ccccc2S(=O)(=O)N1. The molecule has 1 aromatic carbocycles. The van der Waals surface area contributed by atoms with E-state index in [1.54, 1.807) is 26.0 Å². The van der Waals surface area contributed by atoms with Crippen LogP contribution in [-0.4, -0.2) is 37.4 Å². The zero-order valence-electron chi connectivity index (χ0n) is 11.3. The second kappa shape index (κ2) is 5.16. The van der Waals surface area contributed by atoms with Gasteiger partial charge in [-0.2, -0.15) is 0 Å². The standard InChI is InChI=1S/C13H16N2O4S/c1-3-15(4-2)13(17)11-12(16)9-7-5-6-8-10(9)20(18,19)14-11/h5-8,14,16H,3-4H2,1-2H3. The topological polar surface area (TPSA) is 86.7 Å². The predicted octanol–water partition coefficient (Wildman–Crippen LogP) is 1.07. The number of amides is 1. The molecule has 0 unspecified atom stereocenters. The maximum atomic E-state index is 12.2. The number of fused-ring (bicyclic) bond motifs is 1. The third-order valence-corrected chi connectivity index (χ3v) is 4.58. The molecule has 1 aromatic rings. The molecule has 2 rings (SSSR count). The number of likely N-dealkylation sites (N-methyl/N-ethyl adjacent to an activating group) is 1. The quantitative estimate of drug-likeness (QED) is 0.873. The molecule has 0 aliphatic carbocycles. The van der Waals surface area contributed by atoms with Gasteiger partial charge in [-0.05, 0) is 26.0 Å². The maximum absolute atomic E-state index is 12.2. The van der Waals surface area contributed by atoms with Crippen LogP contribution in [0.15, 0.2) is 34.9 Å². The van der Waals surface area contributed by atoms with Crippen LogP contribution in [0.3, 0.4) is 0 Å². The Kier molecular flexibility index (Phi) is 3.71. The number of nitrogens with one attached hydrogen (secondary N) is 1. The first-order valence-electron chi connectivity index (χ1n) is 6.27. The van der Waals surface area contributed by atoms with E-state index < -0.39 is 15.9 Å². The summed E-state index contributed by atoms with van der Waals surface area (Å²) >= 11 is 0. The van der Waals surface area contributed by atoms with Gasteiger partial charge in [0, 0.05) is 18.7 Å². The Labute approximate surface area is 117 Å². The summed E-state index contributed by atoms with van der Waals surface area (Å²) in [5.41, 5.74) is -0.158. The van der Waals surface area contributed by atoms with Gasteiger partial charge in [0.2, 0.25) is 0 Å². The minimum Gasteiger partial charge on any atom is -0.505 e. The highest BCUT2D eigenvalue weighted by molar-refractivity contribution is 7.89. The van der Waals surface area contributed by atoms with Crippen LogP contribution in [0.4, 0.5) is 0 Å². The van der Waals surface area contributed by atoms with Crippen molar-refractivity contribution < 1.29 is 18.3 Å². The summed E-state index contributed by atoms with van der Waals surface area (Å²) in [6.45, 7) is 4.42. The Hall–Kier alpha value is -2.02. The molecule has 108 valence electrons. The van der Waals surface area contributed by atoms with Gasteiger partial charge >= 0.3 is 0 Å². The minimum absolute atomic E-state index is 0.0337. The Morgan fingerprint density at radius 1 is 1.25 bits per heavy atom. The fourth-order valence-electron chi connectivity index (χ4n) is 2.08. The number of carbonyl (C=O) groups excluding carboxylic acids is 1. The number of carbonyl (C=O) groups is 1. The van der Waals surface area contributed by atoms with Crippen LogP contribution in [0.1, 0.15) is 19.4 Å². The molecule has 0 atom stereocenters. The third-order valence-electron chi connectivity index (χ3n) is 3.17. The summed E-state index contributed by atoms with van der Waals surface area (Å²) in [5, 5.41) is 10.2. The van der Waals surface area contributed by atoms with Gasteiger partial charge in [0.1, 0.15) is 0 Å². The number of benzene rings is 1. The van der Waals surface area contributed by atoms with E-state index in [4.69, 9.17) is 0 Å². The first kappa shape index (κ1) is 14.4. The first-order valence-corrected chi connectivity index (χ1v) is 7.75. The Bertz CT molecular complexity index is 675. The lowest BCUT2D eigenvalue weighted by Crippen LogP contribution is -2.40. The van der Waals surface area contributed by atoms with Gasteiger partial charge in [-0.1, -0.05) is 12.1 Å². The predicted molar refractivity (Wildman–Crippen MR) is 74.2 cm³/mol. The van der Waals surface area contributed by atoms with Gasteiger partial charge < -0.3 is 10.0 Å². The summed E-state index contributed by atoms with van der Waals surface area (Å²) in [6.07, 6.45) is 0. The molecule has 1 aliphatic rings. The molecular weight excluding hydrogens is 280 g/mol. The van der Waals surface area contributed by atoms with E-state index >= 15 is 0 Å². The number of aliphatic hydroxyl groups excluding tert-OH is 1. The van der Waals surface area contributed by atoms with E-state index in [1.165, 1.54) is 17.0 Å². The van der Waals surface area contributed by atoms with E-state index in [0.29, 0.717) is 13.1 Å². The minimum atomic E-state index is -3.83. The van der Waals surface area contributed by atoms with Crippen molar-refractivity contribution in [3.8, 4) is 0 Å². The molecule has 1 amide bonds. The number of hydrogen-bond donors (Lipinski definition) is 2. The highest BCUT2D eigenvalue weighted by atomic mass is 32.2. The van der Waals surface area contributed by atoms with Gasteiger partial charge in [0.15, 0.2) is 11.5 Å². The van der Waals surface area contributed by atoms with Crippen LogP contribution in [0.25, 0.3) is 5.76 Å². The lowest BCUT2D eigenvalue weighted by Gasteiger charge is -2.25. The molecule has 0 bridgehead atoms. The lowest BCUT2D eigenvalue weighted by atomic mass is 10.1. The van der Waals surface area contributed by atoms with Gasteiger partial charge in [-0.15, -0.1) is 0 Å². The zero-order valence-corrected chi connectivity index (χ0v) is 12.1. The van der Waals surface area contributed by atoms with Crippen LogP contribution >= 0.6 is 0 Å². The summed E-state index contributed by atoms with van der Waals surface area (Å²) in [5.74, 6) is -0.877. The lowest BCUT2D eigenvalue weighted by molar-refractivity contribution is -0.127. The van der Waals surface area contributed by atoms with Crippen LogP contribution < -0.4 is 4.72 Å². The number of rotatable bonds is 3. The van der Waals surface area contributed by atoms with Crippen molar-refractivity contribution in [2.24, 2.45) is 0 Å². The second-order valence-electron chi connectivity index (χ2n) is 4.30. The number of hydrogen-bond acceptors (Lipinski definition) is 4. The highest BCUT2D eigenvalue weighted by Crippen LogP contribution is 2.29. The Morgan fingerprint density at radius 2 is 1.85 bits per heavy atom. The van der Waals surface area contributed by atoms with Gasteiger partial charge in [-0.3, -0.25) is 9.52 Å². The van der Waals surface area contributed by atoms with E-state index in [0.717, 1.165) is 0 Å². The molecule has 0 fully saturated rings. The molecule has 20 heavy (non-hydrogen) atoms. The number of sulfonamides is 1. The second-order valence-corrected chi connectivity index (χ2v) is 5.95. The maximum Gasteiger partial charge on any atom is 0.274 e. The van der Waals surface area contributed by atoms with Crippen LogP contribution in [0.5, 0.6) is 0 Å². The van der Waals surface area contributed by atoms with Crippen LogP contribution in [0, 0.1) is 0 Å². The van der Waals surface area contributed by atoms with Crippen molar-refractivity contribution in [3.05, 3.63) is 35.5 Å². The molecule has 0 aromatic heterocycles. The molecule has 1 heterocycles. The highest BCUT2D eigenvalue weighted by Gasteiger charge is 2.33. The van der Waals surface area contributed by atoms with Crippen molar-refractivity contribution in [2.45, 2.75) is 18.7 Å². The fraction of sp³-hybridized carbons (Fsp3) is 0.308. The normalized spacial score (nSPS) is 16.3. The Morgan fingerprint density at radius 3 is 2.45 bits per heavy atom. The molecule has 7 heteroatoms. The molecule has 6 nitrogen and oxygen atoms in total. The van der Waals surface area contributed by atoms with E-state index in [9.17, 15) is 18.3 Å². The average molecular weight is 296 g/mol. The summed E-state index contributed by atoms with van der Waals surface area (Å²) in [4.78, 5) is 13.6. The smallest absolute Gasteiger partial charge is 0.274 e. The number of nitrogens with zero attached hydrogens (tertiary/aromatic N) is 1. The van der Waals surface area contributed by atoms with Crippen LogP contribution in [0.2, 0.25) is 0 Å². The van der Waals surface area contributed by atoms with Crippen molar-refractivity contribution in [1.29, 1.82) is 0 Å². The van der Waals surface area contributed by atoms with Gasteiger partial charge in [0.05, 0.1) is 4.90 Å². The first-order chi connectivity index (χ1) is 9.42. The molecule has 0 radical (unpaired) electrons. The molecule has 0 saturated carbocycles. The molecule has 0 saturated heterocycles. The molecule has 0 spiro atoms. The van der Waals surface area contributed by atoms with Crippen molar-refractivity contribution in [1.82, 2.24) is 9.62 Å². The van der Waals surface area contributed by atoms with Crippen molar-refractivity contribution >= 4 is 21.7 Å². The molecule has 2 N–H and O–H groups in total. The summed E-state index contributed by atoms with van der Waals surface area (Å²) in [7, 11) is -3.83. The van der Waals surface area contributed by atoms with E-state index in [2.05, 4.69) is 4.72 Å². The van der Waals surface area contributed by atoms with Gasteiger partial charge in [-0.25, -0.2) is 8.42 Å². The zero-order chi connectivity index (χ0) is 14.9. The largest absolute Gasteiger partial charge is 0.505 e.